The number of hydrogen-bond acceptors (Lipinski definition) is 13. The van der Waals surface area contributed by atoms with Crippen molar-refractivity contribution in [2.45, 2.75) is 180 Å². The van der Waals surface area contributed by atoms with Crippen molar-refractivity contribution >= 4 is 29.2 Å². The first kappa shape index (κ1) is 54.2. The summed E-state index contributed by atoms with van der Waals surface area (Å²) < 4.78 is 29.4. The molecule has 14 heteroatoms. The van der Waals surface area contributed by atoms with Crippen LogP contribution in [0.25, 0.3) is 0 Å². The maximum absolute atomic E-state index is 14.4. The molecule has 4 aliphatic rings. The van der Waals surface area contributed by atoms with Gasteiger partial charge in [0.1, 0.15) is 18.2 Å². The second kappa shape index (κ2) is 25.1. The van der Waals surface area contributed by atoms with E-state index in [2.05, 4.69) is 0 Å². The highest BCUT2D eigenvalue weighted by Gasteiger charge is 2.53. The van der Waals surface area contributed by atoms with Gasteiger partial charge in [0.15, 0.2) is 11.6 Å². The van der Waals surface area contributed by atoms with Crippen molar-refractivity contribution in [3.63, 3.8) is 0 Å². The fraction of sp³-hybridized carbons (Fsp3) is 0.745. The summed E-state index contributed by atoms with van der Waals surface area (Å²) in [7, 11) is 4.53. The molecule has 0 spiro atoms. The SMILES string of the molecule is COC1CC(C[C@H](C)[C@@H]2CC(=O)/C(C)=C/C(C)C(O)[C@@H](OC)C(=O)[C@H](C)C[C@H](C)C=CC=CC=C(C)[C@@H](OC)C[C@@H]3CC[C@@H](C)[C@@](O)(O3)C(=O)C(=O)N3CCCC[C@H]3C(=O)O2)CCC1O. The van der Waals surface area contributed by atoms with E-state index in [1.54, 1.807) is 41.1 Å². The second-order valence-corrected chi connectivity index (χ2v) is 19.6. The first-order chi connectivity index (χ1) is 30.7. The third kappa shape index (κ3) is 14.3. The summed E-state index contributed by atoms with van der Waals surface area (Å²) in [5.41, 5.74) is 1.19. The highest BCUT2D eigenvalue weighted by Crippen LogP contribution is 2.38. The van der Waals surface area contributed by atoms with Gasteiger partial charge in [-0.15, -0.1) is 0 Å². The molecule has 3 aliphatic heterocycles. The fourth-order valence-corrected chi connectivity index (χ4v) is 10.1. The van der Waals surface area contributed by atoms with Crippen LogP contribution in [0.1, 0.15) is 126 Å². The van der Waals surface area contributed by atoms with Crippen molar-refractivity contribution in [1.82, 2.24) is 4.90 Å². The van der Waals surface area contributed by atoms with Crippen LogP contribution in [0.15, 0.2) is 47.6 Å². The summed E-state index contributed by atoms with van der Waals surface area (Å²) in [5, 5.41) is 33.9. The minimum atomic E-state index is -2.43. The number of esters is 1. The Bertz CT molecular complexity index is 1760. The largest absolute Gasteiger partial charge is 0.460 e. The van der Waals surface area contributed by atoms with Crippen molar-refractivity contribution in [3.05, 3.63) is 47.6 Å². The number of piperidine rings is 1. The zero-order valence-electron chi connectivity index (χ0n) is 40.6. The Hall–Kier alpha value is -3.37. The van der Waals surface area contributed by atoms with Crippen LogP contribution in [0.5, 0.6) is 0 Å². The molecule has 0 aromatic carbocycles. The standard InChI is InChI=1S/C51H79NO13/c1-30-16-12-11-13-17-31(2)42(61-8)28-38-21-19-36(7)51(60,65-38)48(57)49(58)52-23-15-14-18-39(52)50(59)64-43(33(4)26-37-20-22-40(53)44(27-37)62-9)29-41(54)32(3)25-35(6)46(56)47(63-10)45(55)34(5)24-30/h11-13,16-17,25,30,33-40,42-44,46-47,53,56,60H,14-15,18-24,26-29H2,1-10H3/b13-11?,16-12?,31-17?,32-25+/t30-,33+,34-,35?,36-,37?,38+,39+,40?,42+,43+,44?,46?,47+,51-/m1/s1. The van der Waals surface area contributed by atoms with E-state index in [4.69, 9.17) is 23.7 Å². The lowest BCUT2D eigenvalue weighted by Gasteiger charge is -2.42. The number of hydrogen-bond donors (Lipinski definition) is 3. The number of nitrogens with zero attached hydrogens (tertiary/aromatic N) is 1. The third-order valence-electron chi connectivity index (χ3n) is 14.5. The number of carbonyl (C=O) groups is 5. The summed E-state index contributed by atoms with van der Waals surface area (Å²) in [5.74, 6) is -7.93. The predicted octanol–water partition coefficient (Wildman–Crippen LogP) is 6.18. The van der Waals surface area contributed by atoms with Crippen LogP contribution in [-0.4, -0.2) is 132 Å². The fourth-order valence-electron chi connectivity index (χ4n) is 10.1. The number of ketones is 3. The van der Waals surface area contributed by atoms with Gasteiger partial charge in [-0.1, -0.05) is 71.1 Å². The monoisotopic (exact) mass is 914 g/mol. The number of rotatable bonds is 6. The molecule has 3 fully saturated rings. The van der Waals surface area contributed by atoms with Gasteiger partial charge in [0, 0.05) is 58.5 Å². The lowest BCUT2D eigenvalue weighted by atomic mass is 9.78. The first-order valence-electron chi connectivity index (χ1n) is 23.9. The topological polar surface area (TPSA) is 195 Å². The number of cyclic esters (lactones) is 1. The minimum Gasteiger partial charge on any atom is -0.460 e. The maximum Gasteiger partial charge on any atom is 0.329 e. The third-order valence-corrected chi connectivity index (χ3v) is 14.5. The number of ether oxygens (including phenoxy) is 5. The molecule has 65 heavy (non-hydrogen) atoms. The summed E-state index contributed by atoms with van der Waals surface area (Å²) in [6, 6.07) is -1.14. The van der Waals surface area contributed by atoms with E-state index in [1.807, 2.05) is 58.1 Å². The van der Waals surface area contributed by atoms with Gasteiger partial charge >= 0.3 is 5.97 Å². The molecule has 0 aromatic heterocycles. The minimum absolute atomic E-state index is 0.0220. The normalized spacial score (nSPS) is 38.6. The predicted molar refractivity (Wildman–Crippen MR) is 245 cm³/mol. The highest BCUT2D eigenvalue weighted by molar-refractivity contribution is 6.39. The van der Waals surface area contributed by atoms with Gasteiger partial charge in [0.05, 0.1) is 30.5 Å². The van der Waals surface area contributed by atoms with E-state index in [0.29, 0.717) is 63.4 Å². The van der Waals surface area contributed by atoms with E-state index < -0.39 is 83.9 Å². The number of aliphatic hydroxyl groups excluding tert-OH is 2. The summed E-state index contributed by atoms with van der Waals surface area (Å²) in [6.07, 6.45) is 11.2. The van der Waals surface area contributed by atoms with Gasteiger partial charge in [0.25, 0.3) is 11.7 Å². The van der Waals surface area contributed by atoms with Crippen LogP contribution in [0.4, 0.5) is 0 Å². The number of carbonyl (C=O) groups excluding carboxylic acids is 5. The van der Waals surface area contributed by atoms with Crippen molar-refractivity contribution in [1.29, 1.82) is 0 Å². The molecule has 14 nitrogen and oxygen atoms in total. The molecular weight excluding hydrogens is 835 g/mol. The van der Waals surface area contributed by atoms with Crippen LogP contribution in [0.2, 0.25) is 0 Å². The Labute approximate surface area is 387 Å². The number of methoxy groups -OCH3 is 3. The highest BCUT2D eigenvalue weighted by atomic mass is 16.6. The Kier molecular flexibility index (Phi) is 21.0. The van der Waals surface area contributed by atoms with Crippen LogP contribution in [-0.2, 0) is 47.7 Å². The molecule has 1 saturated carbocycles. The van der Waals surface area contributed by atoms with Crippen molar-refractivity contribution in [2.24, 2.45) is 35.5 Å². The van der Waals surface area contributed by atoms with Gasteiger partial charge in [-0.25, -0.2) is 4.79 Å². The Balaban J connectivity index is 1.70. The number of fused-ring (bicyclic) bond motifs is 3. The summed E-state index contributed by atoms with van der Waals surface area (Å²) in [6.45, 7) is 12.7. The molecule has 2 bridgehead atoms. The van der Waals surface area contributed by atoms with E-state index in [1.165, 1.54) is 12.0 Å². The number of Topliss-reactive ketones (excluding diaryl/α,β-unsaturated/α-hetero) is 3. The Morgan fingerprint density at radius 1 is 0.862 bits per heavy atom. The second-order valence-electron chi connectivity index (χ2n) is 19.6. The van der Waals surface area contributed by atoms with Gasteiger partial charge in [-0.3, -0.25) is 19.2 Å². The van der Waals surface area contributed by atoms with Gasteiger partial charge in [-0.05, 0) is 107 Å². The smallest absolute Gasteiger partial charge is 0.329 e. The molecule has 3 heterocycles. The average Bonchev–Trinajstić information content (AvgIpc) is 3.28. The van der Waals surface area contributed by atoms with Crippen LogP contribution in [0, 0.1) is 35.5 Å². The quantitative estimate of drug-likeness (QED) is 0.202. The molecule has 1 amide bonds. The van der Waals surface area contributed by atoms with E-state index in [-0.39, 0.29) is 54.8 Å². The molecule has 0 radical (unpaired) electrons. The van der Waals surface area contributed by atoms with E-state index >= 15 is 0 Å². The van der Waals surface area contributed by atoms with E-state index in [0.717, 1.165) is 12.0 Å². The Morgan fingerprint density at radius 3 is 2.26 bits per heavy atom. The van der Waals surface area contributed by atoms with Crippen molar-refractivity contribution in [3.8, 4) is 0 Å². The molecule has 1 aliphatic carbocycles. The van der Waals surface area contributed by atoms with Crippen LogP contribution < -0.4 is 0 Å². The van der Waals surface area contributed by atoms with Crippen LogP contribution >= 0.6 is 0 Å². The van der Waals surface area contributed by atoms with Crippen molar-refractivity contribution < 1.29 is 63.0 Å². The van der Waals surface area contributed by atoms with Crippen molar-refractivity contribution in [2.75, 3.05) is 27.9 Å². The molecular formula is C51H79NO13. The lowest BCUT2D eigenvalue weighted by molar-refractivity contribution is -0.265. The molecule has 5 unspecified atom stereocenters. The zero-order valence-corrected chi connectivity index (χ0v) is 40.6. The van der Waals surface area contributed by atoms with Gasteiger partial charge < -0.3 is 43.9 Å². The molecule has 15 atom stereocenters. The van der Waals surface area contributed by atoms with Gasteiger partial charge in [-0.2, -0.15) is 0 Å². The molecule has 366 valence electrons. The summed E-state index contributed by atoms with van der Waals surface area (Å²) >= 11 is 0. The number of allylic oxidation sites excluding steroid dienone is 6. The Morgan fingerprint density at radius 2 is 1.58 bits per heavy atom. The molecule has 0 aromatic rings. The zero-order chi connectivity index (χ0) is 48.2. The number of aliphatic hydroxyl groups is 3. The number of amides is 1. The van der Waals surface area contributed by atoms with Crippen LogP contribution in [0.3, 0.4) is 0 Å². The molecule has 4 rings (SSSR count). The average molecular weight is 914 g/mol. The first-order valence-corrected chi connectivity index (χ1v) is 23.9. The van der Waals surface area contributed by atoms with E-state index in [9.17, 15) is 39.3 Å². The molecule has 3 N–H and O–H groups in total. The molecule has 2 saturated heterocycles. The van der Waals surface area contributed by atoms with Gasteiger partial charge in [0.2, 0.25) is 5.79 Å². The maximum atomic E-state index is 14.4. The lowest BCUT2D eigenvalue weighted by Crippen LogP contribution is -2.61. The summed E-state index contributed by atoms with van der Waals surface area (Å²) in [4.78, 5) is 71.7.